The maximum atomic E-state index is 13.4. The molecular weight excluding hydrogens is 495 g/mol. The summed E-state index contributed by atoms with van der Waals surface area (Å²) in [7, 11) is 0. The summed E-state index contributed by atoms with van der Waals surface area (Å²) in [4.78, 5) is 17.1. The second-order valence-electron chi connectivity index (χ2n) is 8.81. The number of hydrogen-bond donors (Lipinski definition) is 0. The summed E-state index contributed by atoms with van der Waals surface area (Å²) < 4.78 is 46.1. The van der Waals surface area contributed by atoms with Gasteiger partial charge in [0.2, 0.25) is 0 Å². The molecule has 0 atom stereocenters. The number of hydrogen-bond acceptors (Lipinski definition) is 5. The second-order valence-corrected chi connectivity index (χ2v) is 10.8. The molecule has 186 valence electrons. The van der Waals surface area contributed by atoms with Crippen molar-refractivity contribution in [3.8, 4) is 11.8 Å². The minimum atomic E-state index is -4.73. The lowest BCUT2D eigenvalue weighted by atomic mass is 10.0. The molecule has 2 aromatic rings. The van der Waals surface area contributed by atoms with Crippen LogP contribution in [0.2, 0.25) is 0 Å². The first-order valence-electron chi connectivity index (χ1n) is 11.0. The van der Waals surface area contributed by atoms with Gasteiger partial charge in [-0.1, -0.05) is 13.8 Å². The molecule has 1 heterocycles. The fourth-order valence-corrected chi connectivity index (χ4v) is 5.09. The summed E-state index contributed by atoms with van der Waals surface area (Å²) in [6.45, 7) is 8.39. The van der Waals surface area contributed by atoms with Gasteiger partial charge in [0.25, 0.3) is 5.91 Å². The van der Waals surface area contributed by atoms with Gasteiger partial charge < -0.3 is 9.64 Å². The van der Waals surface area contributed by atoms with Gasteiger partial charge in [0, 0.05) is 16.7 Å². The lowest BCUT2D eigenvalue weighted by Crippen LogP contribution is -2.44. The predicted molar refractivity (Wildman–Crippen MR) is 135 cm³/mol. The summed E-state index contributed by atoms with van der Waals surface area (Å²) in [5.41, 5.74) is -2.67. The number of rotatable bonds is 8. The third kappa shape index (κ3) is 5.90. The number of benzene rings is 2. The van der Waals surface area contributed by atoms with Crippen molar-refractivity contribution in [2.24, 2.45) is 0 Å². The molecule has 1 aliphatic rings. The van der Waals surface area contributed by atoms with Gasteiger partial charge in [-0.05, 0) is 75.0 Å². The van der Waals surface area contributed by atoms with E-state index >= 15 is 0 Å². The van der Waals surface area contributed by atoms with Crippen molar-refractivity contribution in [3.05, 3.63) is 53.6 Å². The molecule has 0 N–H and O–H groups in total. The number of carbonyl (C=O) groups is 1. The van der Waals surface area contributed by atoms with Gasteiger partial charge in [0.05, 0.1) is 29.5 Å². The van der Waals surface area contributed by atoms with Gasteiger partial charge in [-0.15, -0.1) is 11.8 Å². The molecule has 1 fully saturated rings. The first-order chi connectivity index (χ1) is 16.4. The Labute approximate surface area is 212 Å². The zero-order valence-corrected chi connectivity index (χ0v) is 21.5. The van der Waals surface area contributed by atoms with E-state index in [0.29, 0.717) is 24.8 Å². The van der Waals surface area contributed by atoms with E-state index in [1.807, 2.05) is 24.3 Å². The van der Waals surface area contributed by atoms with Crippen molar-refractivity contribution in [1.82, 2.24) is 4.90 Å². The number of nitrogens with zero attached hydrogens (tertiary/aromatic N) is 3. The van der Waals surface area contributed by atoms with Gasteiger partial charge in [-0.25, -0.2) is 0 Å². The summed E-state index contributed by atoms with van der Waals surface area (Å²) in [5, 5.41) is 9.65. The number of carbonyl (C=O) groups excluding carboxylic acids is 1. The molecule has 1 aliphatic heterocycles. The molecule has 5 nitrogen and oxygen atoms in total. The highest BCUT2D eigenvalue weighted by molar-refractivity contribution is 7.99. The maximum absolute atomic E-state index is 13.4. The van der Waals surface area contributed by atoms with Crippen molar-refractivity contribution >= 4 is 40.7 Å². The Kier molecular flexibility index (Phi) is 8.02. The molecule has 0 bridgehead atoms. The number of nitriles is 1. The van der Waals surface area contributed by atoms with E-state index in [1.165, 1.54) is 6.07 Å². The number of ether oxygens (including phenoxy) is 1. The number of thiocarbonyl (C=S) groups is 1. The van der Waals surface area contributed by atoms with Crippen molar-refractivity contribution in [2.45, 2.75) is 56.0 Å². The Balaban J connectivity index is 1.69. The molecule has 35 heavy (non-hydrogen) atoms. The normalized spacial score (nSPS) is 15.6. The highest BCUT2D eigenvalue weighted by atomic mass is 32.2. The van der Waals surface area contributed by atoms with E-state index in [2.05, 4.69) is 13.8 Å². The minimum absolute atomic E-state index is 0.0162. The molecule has 0 aromatic heterocycles. The van der Waals surface area contributed by atoms with Gasteiger partial charge in [-0.3, -0.25) is 9.69 Å². The summed E-state index contributed by atoms with van der Waals surface area (Å²) >= 11 is 7.26. The average Bonchev–Trinajstić information content (AvgIpc) is 2.95. The van der Waals surface area contributed by atoms with Crippen molar-refractivity contribution in [2.75, 3.05) is 18.1 Å². The molecule has 0 aliphatic carbocycles. The molecule has 0 saturated carbocycles. The van der Waals surface area contributed by atoms with Gasteiger partial charge >= 0.3 is 6.18 Å². The smallest absolute Gasteiger partial charge is 0.417 e. The lowest BCUT2D eigenvalue weighted by molar-refractivity contribution is -0.137. The van der Waals surface area contributed by atoms with E-state index in [1.54, 1.807) is 36.6 Å². The number of anilines is 1. The Morgan fingerprint density at radius 2 is 1.83 bits per heavy atom. The van der Waals surface area contributed by atoms with Crippen LogP contribution in [-0.4, -0.2) is 39.9 Å². The molecule has 3 rings (SSSR count). The van der Waals surface area contributed by atoms with Crippen LogP contribution in [-0.2, 0) is 11.0 Å². The van der Waals surface area contributed by atoms with Gasteiger partial charge in [-0.2, -0.15) is 18.4 Å². The first-order valence-corrected chi connectivity index (χ1v) is 12.3. The van der Waals surface area contributed by atoms with Crippen molar-refractivity contribution in [3.63, 3.8) is 0 Å². The van der Waals surface area contributed by atoms with Crippen LogP contribution in [0.15, 0.2) is 47.4 Å². The zero-order chi connectivity index (χ0) is 26.0. The van der Waals surface area contributed by atoms with Crippen LogP contribution in [0, 0.1) is 11.3 Å². The third-order valence-corrected chi connectivity index (χ3v) is 6.92. The van der Waals surface area contributed by atoms with Crippen molar-refractivity contribution < 1.29 is 22.7 Å². The lowest BCUT2D eigenvalue weighted by Gasteiger charge is -2.29. The predicted octanol–water partition coefficient (Wildman–Crippen LogP) is 6.26. The summed E-state index contributed by atoms with van der Waals surface area (Å²) in [5.74, 6) is 0.302. The first kappa shape index (κ1) is 26.8. The fourth-order valence-electron chi connectivity index (χ4n) is 3.74. The Morgan fingerprint density at radius 1 is 1.17 bits per heavy atom. The molecule has 2 aromatic carbocycles. The number of amides is 1. The highest BCUT2D eigenvalue weighted by Crippen LogP contribution is 2.38. The third-order valence-electron chi connectivity index (χ3n) is 5.50. The largest absolute Gasteiger partial charge is 0.494 e. The van der Waals surface area contributed by atoms with Crippen LogP contribution in [0.3, 0.4) is 0 Å². The molecule has 0 spiro atoms. The molecule has 1 saturated heterocycles. The molecule has 10 heteroatoms. The number of halogens is 3. The maximum Gasteiger partial charge on any atom is 0.417 e. The van der Waals surface area contributed by atoms with E-state index in [4.69, 9.17) is 22.2 Å². The van der Waals surface area contributed by atoms with E-state index < -0.39 is 28.7 Å². The van der Waals surface area contributed by atoms with Crippen LogP contribution in [0.5, 0.6) is 5.75 Å². The Morgan fingerprint density at radius 3 is 2.40 bits per heavy atom. The standard InChI is InChI=1S/C25H26F3N3O2S2/c1-16(2)35-20-10-8-19(9-11-20)33-13-5-12-30-23(34)31(22(32)24(30,3)4)18-7-6-17(15-29)21(14-18)25(26,27)28/h6-11,14,16H,5,12-13H2,1-4H3. The summed E-state index contributed by atoms with van der Waals surface area (Å²) in [6, 6.07) is 12.5. The molecule has 0 unspecified atom stereocenters. The van der Waals surface area contributed by atoms with E-state index in [0.717, 1.165) is 27.7 Å². The molecular formula is C25H26F3N3O2S2. The topological polar surface area (TPSA) is 56.6 Å². The quantitative estimate of drug-likeness (QED) is 0.232. The molecule has 1 amide bonds. The second kappa shape index (κ2) is 10.5. The fraction of sp³-hybridized carbons (Fsp3) is 0.400. The van der Waals surface area contributed by atoms with Crippen LogP contribution in [0.1, 0.15) is 45.2 Å². The number of alkyl halides is 3. The zero-order valence-electron chi connectivity index (χ0n) is 19.8. The molecule has 0 radical (unpaired) electrons. The Hall–Kier alpha value is -2.77. The summed E-state index contributed by atoms with van der Waals surface area (Å²) in [6.07, 6.45) is -4.18. The van der Waals surface area contributed by atoms with Crippen LogP contribution >= 0.6 is 24.0 Å². The van der Waals surface area contributed by atoms with E-state index in [9.17, 15) is 18.0 Å². The number of thioether (sulfide) groups is 1. The van der Waals surface area contributed by atoms with Crippen LogP contribution in [0.4, 0.5) is 18.9 Å². The highest BCUT2D eigenvalue weighted by Gasteiger charge is 2.49. The SMILES string of the molecule is CC(C)Sc1ccc(OCCCN2C(=S)N(c3ccc(C#N)c(C(F)(F)F)c3)C(=O)C2(C)C)cc1. The van der Waals surface area contributed by atoms with Crippen LogP contribution in [0.25, 0.3) is 0 Å². The van der Waals surface area contributed by atoms with Gasteiger partial charge in [0.15, 0.2) is 5.11 Å². The minimum Gasteiger partial charge on any atom is -0.494 e. The Bertz CT molecular complexity index is 1140. The van der Waals surface area contributed by atoms with E-state index in [-0.39, 0.29) is 10.8 Å². The van der Waals surface area contributed by atoms with Crippen molar-refractivity contribution in [1.29, 1.82) is 5.26 Å². The monoisotopic (exact) mass is 521 g/mol. The van der Waals surface area contributed by atoms with Crippen LogP contribution < -0.4 is 9.64 Å². The average molecular weight is 522 g/mol. The van der Waals surface area contributed by atoms with Gasteiger partial charge in [0.1, 0.15) is 11.3 Å².